The molecule has 6 heteroatoms. The Morgan fingerprint density at radius 1 is 1.30 bits per heavy atom. The van der Waals surface area contributed by atoms with Crippen molar-refractivity contribution in [2.45, 2.75) is 39.2 Å². The summed E-state index contributed by atoms with van der Waals surface area (Å²) < 4.78 is 31.1. The molecule has 0 amide bonds. The lowest BCUT2D eigenvalue weighted by Gasteiger charge is -2.31. The molecule has 20 heavy (non-hydrogen) atoms. The van der Waals surface area contributed by atoms with E-state index in [0.29, 0.717) is 19.3 Å². The van der Waals surface area contributed by atoms with Crippen LogP contribution in [-0.4, -0.2) is 23.8 Å². The molecule has 0 aliphatic rings. The normalized spacial score (nSPS) is 14.2. The van der Waals surface area contributed by atoms with Gasteiger partial charge in [0.05, 0.1) is 11.9 Å². The van der Waals surface area contributed by atoms with Crippen LogP contribution in [0.2, 0.25) is 0 Å². The number of halogens is 1. The minimum absolute atomic E-state index is 0.220. The number of rotatable bonds is 7. The first-order valence-electron chi connectivity index (χ1n) is 6.50. The van der Waals surface area contributed by atoms with E-state index in [4.69, 9.17) is 4.55 Å². The van der Waals surface area contributed by atoms with Crippen molar-refractivity contribution in [3.63, 3.8) is 0 Å². The molecule has 1 unspecified atom stereocenters. The monoisotopic (exact) mass is 412 g/mol. The van der Waals surface area contributed by atoms with Gasteiger partial charge in [-0.15, -0.1) is 0 Å². The molecule has 1 aromatic carbocycles. The van der Waals surface area contributed by atoms with Crippen LogP contribution in [0.25, 0.3) is 0 Å². The quantitative estimate of drug-likeness (QED) is 0.409. The molecule has 0 aliphatic heterocycles. The van der Waals surface area contributed by atoms with E-state index in [1.165, 1.54) is 0 Å². The first-order valence-corrected chi connectivity index (χ1v) is 9.19. The summed E-state index contributed by atoms with van der Waals surface area (Å²) in [6, 6.07) is 7.72. The predicted octanol–water partition coefficient (Wildman–Crippen LogP) is 3.41. The van der Waals surface area contributed by atoms with Gasteiger partial charge in [-0.25, -0.2) is 0 Å². The summed E-state index contributed by atoms with van der Waals surface area (Å²) in [5.41, 5.74) is 0.528. The lowest BCUT2D eigenvalue weighted by Crippen LogP contribution is -2.22. The van der Waals surface area contributed by atoms with E-state index in [0.717, 1.165) is 9.13 Å². The maximum absolute atomic E-state index is 10.7. The lowest BCUT2D eigenvalue weighted by atomic mass is 9.78. The van der Waals surface area contributed by atoms with Crippen LogP contribution in [0.1, 0.15) is 44.8 Å². The zero-order valence-electron chi connectivity index (χ0n) is 11.7. The minimum Gasteiger partial charge on any atom is -0.388 e. The fourth-order valence-electron chi connectivity index (χ4n) is 2.13. The van der Waals surface area contributed by atoms with E-state index in [1.807, 2.05) is 38.1 Å². The SMILES string of the molecule is CC(C)(CCCCS(=O)(=O)O)C(O)c1cccc(I)c1. The standard InChI is InChI=1S/C14H21IO4S/c1-14(2,8-3-4-9-20(17,18)19)13(16)11-6-5-7-12(15)10-11/h5-7,10,13,16H,3-4,8-9H2,1-2H3,(H,17,18,19). The van der Waals surface area contributed by atoms with Crippen LogP contribution in [0.4, 0.5) is 0 Å². The molecule has 0 fully saturated rings. The highest BCUT2D eigenvalue weighted by Crippen LogP contribution is 2.38. The molecule has 0 spiro atoms. The van der Waals surface area contributed by atoms with Crippen LogP contribution in [-0.2, 0) is 10.1 Å². The van der Waals surface area contributed by atoms with Crippen LogP contribution in [0, 0.1) is 8.99 Å². The Bertz CT molecular complexity index is 540. The Labute approximate surface area is 134 Å². The summed E-state index contributed by atoms with van der Waals surface area (Å²) >= 11 is 2.20. The predicted molar refractivity (Wildman–Crippen MR) is 88.2 cm³/mol. The van der Waals surface area contributed by atoms with Crippen molar-refractivity contribution < 1.29 is 18.1 Å². The van der Waals surface area contributed by atoms with Crippen molar-refractivity contribution in [1.29, 1.82) is 0 Å². The highest BCUT2D eigenvalue weighted by Gasteiger charge is 2.28. The van der Waals surface area contributed by atoms with Gasteiger partial charge >= 0.3 is 0 Å². The molecule has 1 rings (SSSR count). The van der Waals surface area contributed by atoms with Gasteiger partial charge in [0, 0.05) is 3.57 Å². The van der Waals surface area contributed by atoms with E-state index in [1.54, 1.807) is 0 Å². The second-order valence-corrected chi connectivity index (χ2v) is 8.51. The van der Waals surface area contributed by atoms with Crippen molar-refractivity contribution >= 4 is 32.7 Å². The van der Waals surface area contributed by atoms with Gasteiger partial charge in [0.1, 0.15) is 0 Å². The molecular weight excluding hydrogens is 391 g/mol. The zero-order chi connectivity index (χ0) is 15.4. The Hall–Kier alpha value is -0.180. The van der Waals surface area contributed by atoms with Crippen LogP contribution in [0.3, 0.4) is 0 Å². The first-order chi connectivity index (χ1) is 9.12. The van der Waals surface area contributed by atoms with Gasteiger partial charge < -0.3 is 5.11 Å². The number of hydrogen-bond acceptors (Lipinski definition) is 3. The Balaban J connectivity index is 2.59. The molecule has 1 aromatic rings. The Morgan fingerprint density at radius 3 is 2.50 bits per heavy atom. The van der Waals surface area contributed by atoms with Gasteiger partial charge in [0.2, 0.25) is 0 Å². The second kappa shape index (κ2) is 7.20. The zero-order valence-corrected chi connectivity index (χ0v) is 14.7. The fraction of sp³-hybridized carbons (Fsp3) is 0.571. The molecule has 4 nitrogen and oxygen atoms in total. The van der Waals surface area contributed by atoms with Crippen LogP contribution in [0.5, 0.6) is 0 Å². The topological polar surface area (TPSA) is 74.6 Å². The molecule has 2 N–H and O–H groups in total. The van der Waals surface area contributed by atoms with Gasteiger partial charge in [-0.1, -0.05) is 32.4 Å². The average Bonchev–Trinajstić information content (AvgIpc) is 2.32. The summed E-state index contributed by atoms with van der Waals surface area (Å²) in [7, 11) is -3.88. The molecule has 0 aromatic heterocycles. The van der Waals surface area contributed by atoms with E-state index in [9.17, 15) is 13.5 Å². The van der Waals surface area contributed by atoms with Gasteiger partial charge in [0.25, 0.3) is 10.1 Å². The molecule has 0 radical (unpaired) electrons. The molecule has 0 saturated heterocycles. The van der Waals surface area contributed by atoms with Crippen molar-refractivity contribution in [3.05, 3.63) is 33.4 Å². The van der Waals surface area contributed by atoms with E-state index >= 15 is 0 Å². The van der Waals surface area contributed by atoms with Gasteiger partial charge in [0.15, 0.2) is 0 Å². The molecule has 0 saturated carbocycles. The third kappa shape index (κ3) is 6.07. The number of benzene rings is 1. The summed E-state index contributed by atoms with van der Waals surface area (Å²) in [4.78, 5) is 0. The van der Waals surface area contributed by atoms with Crippen molar-refractivity contribution in [3.8, 4) is 0 Å². The minimum atomic E-state index is -3.88. The van der Waals surface area contributed by atoms with Crippen LogP contribution < -0.4 is 0 Å². The van der Waals surface area contributed by atoms with Crippen LogP contribution >= 0.6 is 22.6 Å². The Morgan fingerprint density at radius 2 is 1.95 bits per heavy atom. The second-order valence-electron chi connectivity index (χ2n) is 5.69. The average molecular weight is 412 g/mol. The summed E-state index contributed by atoms with van der Waals surface area (Å²) in [6.45, 7) is 3.93. The van der Waals surface area contributed by atoms with E-state index < -0.39 is 16.2 Å². The maximum atomic E-state index is 10.7. The number of unbranched alkanes of at least 4 members (excludes halogenated alkanes) is 1. The maximum Gasteiger partial charge on any atom is 0.264 e. The third-order valence-corrected chi connectivity index (χ3v) is 4.85. The molecule has 0 aliphatic carbocycles. The molecule has 1 atom stereocenters. The number of aliphatic hydroxyl groups is 1. The van der Waals surface area contributed by atoms with Crippen molar-refractivity contribution in [2.75, 3.05) is 5.75 Å². The molecule has 114 valence electrons. The fourth-order valence-corrected chi connectivity index (χ4v) is 3.27. The van der Waals surface area contributed by atoms with E-state index in [2.05, 4.69) is 22.6 Å². The first kappa shape index (κ1) is 17.9. The highest BCUT2D eigenvalue weighted by atomic mass is 127. The summed E-state index contributed by atoms with van der Waals surface area (Å²) in [5.74, 6) is -0.220. The smallest absolute Gasteiger partial charge is 0.264 e. The Kier molecular flexibility index (Phi) is 6.43. The van der Waals surface area contributed by atoms with Crippen molar-refractivity contribution in [1.82, 2.24) is 0 Å². The van der Waals surface area contributed by atoms with Gasteiger partial charge in [-0.3, -0.25) is 4.55 Å². The summed E-state index contributed by atoms with van der Waals surface area (Å²) in [6.07, 6.45) is 1.15. The highest BCUT2D eigenvalue weighted by molar-refractivity contribution is 14.1. The lowest BCUT2D eigenvalue weighted by molar-refractivity contribution is 0.0414. The molecule has 0 heterocycles. The molecule has 0 bridgehead atoms. The third-order valence-electron chi connectivity index (χ3n) is 3.38. The van der Waals surface area contributed by atoms with Gasteiger partial charge in [-0.05, 0) is 58.5 Å². The number of aliphatic hydroxyl groups excluding tert-OH is 1. The van der Waals surface area contributed by atoms with E-state index in [-0.39, 0.29) is 11.2 Å². The molecular formula is C14H21IO4S. The van der Waals surface area contributed by atoms with Crippen molar-refractivity contribution in [2.24, 2.45) is 5.41 Å². The van der Waals surface area contributed by atoms with Crippen LogP contribution in [0.15, 0.2) is 24.3 Å². The largest absolute Gasteiger partial charge is 0.388 e. The summed E-state index contributed by atoms with van der Waals surface area (Å²) in [5, 5.41) is 10.5. The number of hydrogen-bond donors (Lipinski definition) is 2. The van der Waals surface area contributed by atoms with Gasteiger partial charge in [-0.2, -0.15) is 8.42 Å².